The van der Waals surface area contributed by atoms with Crippen LogP contribution in [0.3, 0.4) is 0 Å². The number of hydrogen-bond acceptors (Lipinski definition) is 4. The maximum Gasteiger partial charge on any atom is 0.256 e. The quantitative estimate of drug-likeness (QED) is 0.634. The van der Waals surface area contributed by atoms with Gasteiger partial charge in [0.1, 0.15) is 11.6 Å². The molecule has 1 saturated heterocycles. The summed E-state index contributed by atoms with van der Waals surface area (Å²) in [7, 11) is 0. The summed E-state index contributed by atoms with van der Waals surface area (Å²) in [4.78, 5) is 33.3. The van der Waals surface area contributed by atoms with E-state index in [-0.39, 0.29) is 17.4 Å². The lowest BCUT2D eigenvalue weighted by atomic mass is 10.2. The molecule has 2 aromatic carbocycles. The summed E-state index contributed by atoms with van der Waals surface area (Å²) in [6.45, 7) is 2.34. The molecule has 0 aliphatic carbocycles. The Morgan fingerprint density at radius 2 is 1.72 bits per heavy atom. The van der Waals surface area contributed by atoms with Crippen molar-refractivity contribution in [3.05, 3.63) is 88.8 Å². The van der Waals surface area contributed by atoms with E-state index in [2.05, 4.69) is 15.2 Å². The van der Waals surface area contributed by atoms with Crippen LogP contribution in [0.1, 0.15) is 27.1 Å². The number of carbonyl (C=O) groups excluding carboxylic acids is 2. The lowest BCUT2D eigenvalue weighted by Crippen LogP contribution is -2.35. The Kier molecular flexibility index (Phi) is 6.66. The molecule has 3 aromatic rings. The molecule has 1 aliphatic rings. The van der Waals surface area contributed by atoms with Gasteiger partial charge in [0, 0.05) is 36.8 Å². The Morgan fingerprint density at radius 3 is 2.44 bits per heavy atom. The number of hydrogen-bond donors (Lipinski definition) is 1. The molecular weight excluding hydrogens is 431 g/mol. The fourth-order valence-electron chi connectivity index (χ4n) is 3.61. The molecule has 2 amide bonds. The van der Waals surface area contributed by atoms with Crippen molar-refractivity contribution >= 4 is 34.9 Å². The normalized spacial score (nSPS) is 14.1. The Labute approximate surface area is 190 Å². The van der Waals surface area contributed by atoms with Crippen LogP contribution in [0.2, 0.25) is 5.02 Å². The zero-order valence-corrected chi connectivity index (χ0v) is 18.1. The first kappa shape index (κ1) is 21.8. The molecule has 1 fully saturated rings. The minimum Gasteiger partial charge on any atom is -0.355 e. The molecule has 6 nitrogen and oxygen atoms in total. The van der Waals surface area contributed by atoms with Gasteiger partial charge < -0.3 is 15.1 Å². The number of amides is 2. The first-order valence-electron chi connectivity index (χ1n) is 10.3. The maximum absolute atomic E-state index is 14.0. The summed E-state index contributed by atoms with van der Waals surface area (Å²) < 4.78 is 14.0. The van der Waals surface area contributed by atoms with Crippen LogP contribution in [0.25, 0.3) is 0 Å². The average Bonchev–Trinajstić information content (AvgIpc) is 3.06. The van der Waals surface area contributed by atoms with Crippen molar-refractivity contribution in [2.75, 3.05) is 36.4 Å². The van der Waals surface area contributed by atoms with Crippen molar-refractivity contribution in [1.82, 2.24) is 9.88 Å². The van der Waals surface area contributed by atoms with Gasteiger partial charge >= 0.3 is 0 Å². The Balaban J connectivity index is 1.37. The lowest BCUT2D eigenvalue weighted by molar-refractivity contribution is 0.0762. The van der Waals surface area contributed by atoms with E-state index in [1.54, 1.807) is 53.6 Å². The fraction of sp³-hybridized carbons (Fsp3) is 0.208. The molecule has 8 heteroatoms. The third-order valence-corrected chi connectivity index (χ3v) is 5.58. The SMILES string of the molecule is O=C(Nc1ccc(N2CCCN(C(=O)c3ccccc3F)CC2)nc1)c1ccc(Cl)cc1. The van der Waals surface area contributed by atoms with E-state index >= 15 is 0 Å². The molecule has 32 heavy (non-hydrogen) atoms. The smallest absolute Gasteiger partial charge is 0.256 e. The van der Waals surface area contributed by atoms with Gasteiger partial charge in [0.05, 0.1) is 17.4 Å². The summed E-state index contributed by atoms with van der Waals surface area (Å²) in [5.41, 5.74) is 1.19. The summed E-state index contributed by atoms with van der Waals surface area (Å²) in [5.74, 6) is -0.280. The van der Waals surface area contributed by atoms with Crippen LogP contribution in [0.15, 0.2) is 66.9 Å². The lowest BCUT2D eigenvalue weighted by Gasteiger charge is -2.23. The van der Waals surface area contributed by atoms with Gasteiger partial charge in [0.2, 0.25) is 0 Å². The molecule has 0 spiro atoms. The van der Waals surface area contributed by atoms with E-state index in [9.17, 15) is 14.0 Å². The molecule has 0 bridgehead atoms. The topological polar surface area (TPSA) is 65.5 Å². The molecule has 1 aromatic heterocycles. The Hall–Kier alpha value is -3.45. The van der Waals surface area contributed by atoms with E-state index in [0.717, 1.165) is 18.8 Å². The number of rotatable bonds is 4. The van der Waals surface area contributed by atoms with Crippen LogP contribution in [-0.2, 0) is 0 Å². The van der Waals surface area contributed by atoms with Crippen LogP contribution in [0.4, 0.5) is 15.9 Å². The highest BCUT2D eigenvalue weighted by Crippen LogP contribution is 2.19. The molecule has 0 radical (unpaired) electrons. The highest BCUT2D eigenvalue weighted by molar-refractivity contribution is 6.30. The van der Waals surface area contributed by atoms with Gasteiger partial charge in [-0.05, 0) is 55.0 Å². The van der Waals surface area contributed by atoms with E-state index < -0.39 is 5.82 Å². The predicted octanol–water partition coefficient (Wildman–Crippen LogP) is 4.48. The minimum absolute atomic E-state index is 0.0971. The van der Waals surface area contributed by atoms with Crippen LogP contribution < -0.4 is 10.2 Å². The summed E-state index contributed by atoms with van der Waals surface area (Å²) in [6, 6.07) is 16.3. The third kappa shape index (κ3) is 5.06. The second-order valence-electron chi connectivity index (χ2n) is 7.48. The van der Waals surface area contributed by atoms with Gasteiger partial charge in [0.25, 0.3) is 11.8 Å². The minimum atomic E-state index is -0.503. The highest BCUT2D eigenvalue weighted by atomic mass is 35.5. The fourth-order valence-corrected chi connectivity index (χ4v) is 3.73. The monoisotopic (exact) mass is 452 g/mol. The molecule has 0 unspecified atom stereocenters. The van der Waals surface area contributed by atoms with Crippen LogP contribution in [-0.4, -0.2) is 47.9 Å². The van der Waals surface area contributed by atoms with Gasteiger partial charge in [-0.15, -0.1) is 0 Å². The van der Waals surface area contributed by atoms with Gasteiger partial charge in [-0.25, -0.2) is 9.37 Å². The van der Waals surface area contributed by atoms with Gasteiger partial charge in [0.15, 0.2) is 0 Å². The average molecular weight is 453 g/mol. The third-order valence-electron chi connectivity index (χ3n) is 5.32. The maximum atomic E-state index is 14.0. The second-order valence-corrected chi connectivity index (χ2v) is 7.92. The van der Waals surface area contributed by atoms with Crippen LogP contribution >= 0.6 is 11.6 Å². The first-order valence-corrected chi connectivity index (χ1v) is 10.7. The number of pyridine rings is 1. The first-order chi connectivity index (χ1) is 15.5. The number of aromatic nitrogens is 1. The molecule has 1 aliphatic heterocycles. The number of benzene rings is 2. The van der Waals surface area contributed by atoms with Crippen molar-refractivity contribution in [3.8, 4) is 0 Å². The number of anilines is 2. The Morgan fingerprint density at radius 1 is 0.938 bits per heavy atom. The molecule has 0 atom stereocenters. The molecule has 2 heterocycles. The summed E-state index contributed by atoms with van der Waals surface area (Å²) in [6.07, 6.45) is 2.35. The number of nitrogens with zero attached hydrogens (tertiary/aromatic N) is 3. The summed E-state index contributed by atoms with van der Waals surface area (Å²) in [5, 5.41) is 3.38. The molecule has 164 valence electrons. The van der Waals surface area contributed by atoms with Crippen molar-refractivity contribution in [1.29, 1.82) is 0 Å². The number of nitrogens with one attached hydrogen (secondary N) is 1. The molecule has 1 N–H and O–H groups in total. The largest absolute Gasteiger partial charge is 0.355 e. The number of carbonyl (C=O) groups is 2. The Bertz CT molecular complexity index is 1110. The highest BCUT2D eigenvalue weighted by Gasteiger charge is 2.22. The van der Waals surface area contributed by atoms with E-state index in [1.807, 2.05) is 6.07 Å². The van der Waals surface area contributed by atoms with Gasteiger partial charge in [-0.3, -0.25) is 9.59 Å². The molecule has 0 saturated carbocycles. The zero-order valence-electron chi connectivity index (χ0n) is 17.3. The zero-order chi connectivity index (χ0) is 22.5. The van der Waals surface area contributed by atoms with Gasteiger partial charge in [-0.1, -0.05) is 23.7 Å². The standard InChI is InChI=1S/C24H22ClFN4O2/c25-18-8-6-17(7-9-18)23(31)28-19-10-11-22(27-16-19)29-12-3-13-30(15-14-29)24(32)20-4-1-2-5-21(20)26/h1-2,4-11,16H,3,12-15H2,(H,28,31). The molecular formula is C24H22ClFN4O2. The van der Waals surface area contributed by atoms with E-state index in [0.29, 0.717) is 35.9 Å². The van der Waals surface area contributed by atoms with Gasteiger partial charge in [-0.2, -0.15) is 0 Å². The summed E-state index contributed by atoms with van der Waals surface area (Å²) >= 11 is 5.86. The van der Waals surface area contributed by atoms with Crippen LogP contribution in [0.5, 0.6) is 0 Å². The van der Waals surface area contributed by atoms with Crippen LogP contribution in [0, 0.1) is 5.82 Å². The number of halogens is 2. The molecule has 4 rings (SSSR count). The van der Waals surface area contributed by atoms with E-state index in [4.69, 9.17) is 11.6 Å². The van der Waals surface area contributed by atoms with Crippen molar-refractivity contribution in [3.63, 3.8) is 0 Å². The predicted molar refractivity (Wildman–Crippen MR) is 123 cm³/mol. The van der Waals surface area contributed by atoms with Crippen molar-refractivity contribution < 1.29 is 14.0 Å². The van der Waals surface area contributed by atoms with Crippen molar-refractivity contribution in [2.45, 2.75) is 6.42 Å². The van der Waals surface area contributed by atoms with E-state index in [1.165, 1.54) is 12.1 Å². The second kappa shape index (κ2) is 9.78. The van der Waals surface area contributed by atoms with Crippen molar-refractivity contribution in [2.24, 2.45) is 0 Å².